The molecule has 0 bridgehead atoms. The van der Waals surface area contributed by atoms with E-state index in [-0.39, 0.29) is 18.2 Å². The van der Waals surface area contributed by atoms with Crippen LogP contribution in [0.1, 0.15) is 20.4 Å². The number of rotatable bonds is 5. The van der Waals surface area contributed by atoms with Gasteiger partial charge in [0, 0.05) is 17.6 Å². The van der Waals surface area contributed by atoms with Gasteiger partial charge in [0.1, 0.15) is 16.4 Å². The van der Waals surface area contributed by atoms with Gasteiger partial charge in [-0.25, -0.2) is 9.97 Å². The number of hydrogen-bond acceptors (Lipinski definition) is 7. The Bertz CT molecular complexity index is 837. The van der Waals surface area contributed by atoms with Crippen LogP contribution in [-0.2, 0) is 6.54 Å². The molecule has 2 N–H and O–H groups in total. The Balaban J connectivity index is 0.00000192. The number of hydrogen-bond donors (Lipinski definition) is 1. The van der Waals surface area contributed by atoms with Crippen LogP contribution in [-0.4, -0.2) is 26.5 Å². The molecule has 3 aromatic rings. The normalized spacial score (nSPS) is 10.5. The quantitative estimate of drug-likeness (QED) is 0.424. The lowest BCUT2D eigenvalue weighted by Gasteiger charge is -2.04. The van der Waals surface area contributed by atoms with Crippen molar-refractivity contribution in [1.29, 1.82) is 0 Å². The van der Waals surface area contributed by atoms with Crippen molar-refractivity contribution in [2.24, 2.45) is 5.73 Å². The van der Waals surface area contributed by atoms with Crippen LogP contribution in [0.5, 0.6) is 0 Å². The van der Waals surface area contributed by atoms with Gasteiger partial charge in [0.05, 0.1) is 16.1 Å². The molecule has 0 unspecified atom stereocenters. The molecular formula is C15H15ClN4OS2. The van der Waals surface area contributed by atoms with Crippen molar-refractivity contribution in [1.82, 2.24) is 15.0 Å². The maximum atomic E-state index is 12.3. The van der Waals surface area contributed by atoms with Gasteiger partial charge in [-0.15, -0.1) is 23.7 Å². The van der Waals surface area contributed by atoms with E-state index in [1.54, 1.807) is 6.20 Å². The van der Waals surface area contributed by atoms with Gasteiger partial charge in [-0.2, -0.15) is 0 Å². The fourth-order valence-electron chi connectivity index (χ4n) is 1.99. The van der Waals surface area contributed by atoms with E-state index in [0.29, 0.717) is 18.1 Å². The minimum Gasteiger partial charge on any atom is -0.326 e. The summed E-state index contributed by atoms with van der Waals surface area (Å²) in [7, 11) is 0. The van der Waals surface area contributed by atoms with Crippen molar-refractivity contribution in [3.05, 3.63) is 46.0 Å². The number of nitrogens with two attached hydrogens (primary N) is 1. The predicted molar refractivity (Wildman–Crippen MR) is 96.6 cm³/mol. The summed E-state index contributed by atoms with van der Waals surface area (Å²) in [6.07, 6.45) is 1.71. The van der Waals surface area contributed by atoms with E-state index < -0.39 is 0 Å². The third kappa shape index (κ3) is 4.06. The number of halogens is 1. The molecule has 3 heterocycles. The summed E-state index contributed by atoms with van der Waals surface area (Å²) in [5, 5.41) is 0.743. The van der Waals surface area contributed by atoms with E-state index >= 15 is 0 Å². The fourth-order valence-corrected chi connectivity index (χ4v) is 3.82. The lowest BCUT2D eigenvalue weighted by Crippen LogP contribution is -2.01. The Morgan fingerprint density at radius 2 is 2.13 bits per heavy atom. The Morgan fingerprint density at radius 1 is 1.30 bits per heavy atom. The molecule has 3 aromatic heterocycles. The minimum absolute atomic E-state index is 0. The van der Waals surface area contributed by atoms with Gasteiger partial charge in [0.25, 0.3) is 0 Å². The van der Waals surface area contributed by atoms with E-state index in [9.17, 15) is 4.79 Å². The highest BCUT2D eigenvalue weighted by Gasteiger charge is 2.13. The minimum atomic E-state index is 0. The van der Waals surface area contributed by atoms with Crippen molar-refractivity contribution in [2.75, 3.05) is 5.75 Å². The lowest BCUT2D eigenvalue weighted by molar-refractivity contribution is 0.102. The predicted octanol–water partition coefficient (Wildman–Crippen LogP) is 3.25. The molecule has 120 valence electrons. The molecule has 8 heteroatoms. The fraction of sp³-hybridized carbons (Fsp3) is 0.200. The third-order valence-electron chi connectivity index (χ3n) is 3.01. The monoisotopic (exact) mass is 366 g/mol. The van der Waals surface area contributed by atoms with Crippen LogP contribution < -0.4 is 5.73 Å². The summed E-state index contributed by atoms with van der Waals surface area (Å²) in [4.78, 5) is 27.1. The maximum Gasteiger partial charge on any atom is 0.183 e. The zero-order chi connectivity index (χ0) is 15.5. The average molecular weight is 367 g/mol. The van der Waals surface area contributed by atoms with Crippen molar-refractivity contribution >= 4 is 52.3 Å². The number of aryl methyl sites for hydroxylation is 1. The molecule has 0 aliphatic heterocycles. The first kappa shape index (κ1) is 17.8. The first-order valence-electron chi connectivity index (χ1n) is 6.71. The molecule has 0 radical (unpaired) electrons. The SMILES string of the molecule is Cc1nc(SCC(=O)c2ccc(CN)s2)c2ncccc2n1.Cl. The molecule has 0 fully saturated rings. The number of aromatic nitrogens is 3. The summed E-state index contributed by atoms with van der Waals surface area (Å²) in [5.74, 6) is 1.08. The number of Topliss-reactive ketones (excluding diaryl/α,β-unsaturated/α-hetero) is 1. The number of pyridine rings is 1. The Hall–Kier alpha value is -1.54. The van der Waals surface area contributed by atoms with Crippen LogP contribution in [0.3, 0.4) is 0 Å². The molecule has 0 saturated heterocycles. The lowest BCUT2D eigenvalue weighted by atomic mass is 10.3. The smallest absolute Gasteiger partial charge is 0.183 e. The molecule has 0 amide bonds. The highest BCUT2D eigenvalue weighted by molar-refractivity contribution is 8.00. The number of fused-ring (bicyclic) bond motifs is 1. The zero-order valence-corrected chi connectivity index (χ0v) is 14.8. The molecule has 0 spiro atoms. The van der Waals surface area contributed by atoms with Gasteiger partial charge < -0.3 is 5.73 Å². The van der Waals surface area contributed by atoms with Crippen molar-refractivity contribution < 1.29 is 4.79 Å². The number of nitrogens with zero attached hydrogens (tertiary/aromatic N) is 3. The van der Waals surface area contributed by atoms with Crippen molar-refractivity contribution in [2.45, 2.75) is 18.5 Å². The molecule has 0 aliphatic rings. The van der Waals surface area contributed by atoms with Crippen LogP contribution in [0.2, 0.25) is 0 Å². The standard InChI is InChI=1S/C15H14N4OS2.ClH/c1-9-18-11-3-2-6-17-14(11)15(19-9)21-8-12(20)13-5-4-10(7-16)22-13;/h2-6H,7-8,16H2,1H3;1H. The van der Waals surface area contributed by atoms with Crippen LogP contribution in [0.4, 0.5) is 0 Å². The number of thioether (sulfide) groups is 1. The third-order valence-corrected chi connectivity index (χ3v) is 5.13. The number of carbonyl (C=O) groups is 1. The molecule has 0 atom stereocenters. The van der Waals surface area contributed by atoms with E-state index in [1.165, 1.54) is 23.1 Å². The van der Waals surface area contributed by atoms with Gasteiger partial charge in [0.15, 0.2) is 5.78 Å². The molecule has 5 nitrogen and oxygen atoms in total. The molecule has 23 heavy (non-hydrogen) atoms. The average Bonchev–Trinajstić information content (AvgIpc) is 3.01. The van der Waals surface area contributed by atoms with Crippen LogP contribution in [0.25, 0.3) is 11.0 Å². The van der Waals surface area contributed by atoms with E-state index in [4.69, 9.17) is 5.73 Å². The van der Waals surface area contributed by atoms with Gasteiger partial charge in [0.2, 0.25) is 0 Å². The number of thiophene rings is 1. The van der Waals surface area contributed by atoms with E-state index in [1.807, 2.05) is 31.2 Å². The Kier molecular flexibility index (Phi) is 6.06. The molecule has 0 saturated carbocycles. The first-order valence-corrected chi connectivity index (χ1v) is 8.51. The van der Waals surface area contributed by atoms with E-state index in [2.05, 4.69) is 15.0 Å². The van der Waals surface area contributed by atoms with Crippen molar-refractivity contribution in [3.63, 3.8) is 0 Å². The second-order valence-electron chi connectivity index (χ2n) is 4.63. The molecule has 3 rings (SSSR count). The largest absolute Gasteiger partial charge is 0.326 e. The highest BCUT2D eigenvalue weighted by atomic mass is 35.5. The van der Waals surface area contributed by atoms with Gasteiger partial charge in [-0.1, -0.05) is 11.8 Å². The highest BCUT2D eigenvalue weighted by Crippen LogP contribution is 2.25. The topological polar surface area (TPSA) is 81.8 Å². The zero-order valence-electron chi connectivity index (χ0n) is 12.4. The number of ketones is 1. The second-order valence-corrected chi connectivity index (χ2v) is 6.76. The summed E-state index contributed by atoms with van der Waals surface area (Å²) in [6, 6.07) is 7.47. The summed E-state index contributed by atoms with van der Waals surface area (Å²) >= 11 is 2.84. The second kappa shape index (κ2) is 7.83. The summed E-state index contributed by atoms with van der Waals surface area (Å²) < 4.78 is 0. The first-order chi connectivity index (χ1) is 10.7. The van der Waals surface area contributed by atoms with E-state index in [0.717, 1.165) is 25.8 Å². The van der Waals surface area contributed by atoms with Gasteiger partial charge >= 0.3 is 0 Å². The molecule has 0 aromatic carbocycles. The maximum absolute atomic E-state index is 12.3. The van der Waals surface area contributed by atoms with Crippen LogP contribution >= 0.6 is 35.5 Å². The van der Waals surface area contributed by atoms with Crippen molar-refractivity contribution in [3.8, 4) is 0 Å². The molecular weight excluding hydrogens is 352 g/mol. The summed E-state index contributed by atoms with van der Waals surface area (Å²) in [5.41, 5.74) is 7.11. The van der Waals surface area contributed by atoms with Gasteiger partial charge in [-0.05, 0) is 31.2 Å². The van der Waals surface area contributed by atoms with Gasteiger partial charge in [-0.3, -0.25) is 9.78 Å². The Labute approximate surface area is 148 Å². The van der Waals surface area contributed by atoms with Crippen LogP contribution in [0.15, 0.2) is 35.5 Å². The number of carbonyl (C=O) groups excluding carboxylic acids is 1. The molecule has 0 aliphatic carbocycles. The van der Waals surface area contributed by atoms with Crippen LogP contribution in [0, 0.1) is 6.92 Å². The summed E-state index contributed by atoms with van der Waals surface area (Å²) in [6.45, 7) is 2.30. The Morgan fingerprint density at radius 3 is 2.87 bits per heavy atom.